The van der Waals surface area contributed by atoms with Gasteiger partial charge in [0, 0.05) is 12.8 Å². The lowest BCUT2D eigenvalue weighted by molar-refractivity contribution is 0.721. The maximum absolute atomic E-state index is 2.62. The lowest BCUT2D eigenvalue weighted by Crippen LogP contribution is -1.96. The van der Waals surface area contributed by atoms with Crippen molar-refractivity contribution in [3.63, 3.8) is 0 Å². The highest BCUT2D eigenvalue weighted by atomic mass is 31.1. The van der Waals surface area contributed by atoms with Gasteiger partial charge in [-0.2, -0.15) is 0 Å². The van der Waals surface area contributed by atoms with Gasteiger partial charge in [0.1, 0.15) is 19.0 Å². The van der Waals surface area contributed by atoms with E-state index in [0.29, 0.717) is 0 Å². The average molecular weight is 181 g/mol. The van der Waals surface area contributed by atoms with Crippen LogP contribution in [0.25, 0.3) is 0 Å². The molecule has 1 aliphatic heterocycles. The molecule has 66 valence electrons. The molecule has 0 spiro atoms. The van der Waals surface area contributed by atoms with E-state index in [1.807, 2.05) is 5.31 Å². The topological polar surface area (TPSA) is 0 Å². The van der Waals surface area contributed by atoms with Crippen molar-refractivity contribution in [3.8, 4) is 0 Å². The van der Waals surface area contributed by atoms with Crippen LogP contribution >= 0.6 is 7.55 Å². The molecular formula is C11H18P+. The summed E-state index contributed by atoms with van der Waals surface area (Å²) in [6, 6.07) is 0. The van der Waals surface area contributed by atoms with Crippen LogP contribution in [0.5, 0.6) is 0 Å². The SMILES string of the molecule is C1=C([P+]2=CCCCC2)CCCC1. The standard InChI is InChI=1S/C11H18P/c1-3-7-11(8-4-1)12-9-5-2-6-10-12/h7,9H,1-6,8,10H2/q+1. The van der Waals surface area contributed by atoms with E-state index in [4.69, 9.17) is 0 Å². The molecule has 0 radical (unpaired) electrons. The van der Waals surface area contributed by atoms with Crippen molar-refractivity contribution in [2.24, 2.45) is 0 Å². The Morgan fingerprint density at radius 3 is 2.58 bits per heavy atom. The van der Waals surface area contributed by atoms with E-state index in [9.17, 15) is 0 Å². The predicted molar refractivity (Wildman–Crippen MR) is 58.3 cm³/mol. The summed E-state index contributed by atoms with van der Waals surface area (Å²) in [5.74, 6) is 2.62. The summed E-state index contributed by atoms with van der Waals surface area (Å²) < 4.78 is 0. The molecule has 0 nitrogen and oxygen atoms in total. The van der Waals surface area contributed by atoms with Gasteiger partial charge in [-0.15, -0.1) is 0 Å². The molecule has 0 aromatic rings. The third kappa shape index (κ3) is 1.98. The number of hydrogen-bond donors (Lipinski definition) is 0. The maximum atomic E-state index is 2.62. The van der Waals surface area contributed by atoms with E-state index in [1.165, 1.54) is 51.1 Å². The molecule has 2 rings (SSSR count). The number of rotatable bonds is 1. The Morgan fingerprint density at radius 2 is 1.92 bits per heavy atom. The smallest absolute Gasteiger partial charge is 0.0492 e. The molecule has 2 aliphatic rings. The Balaban J connectivity index is 2.06. The van der Waals surface area contributed by atoms with Gasteiger partial charge in [0.2, 0.25) is 0 Å². The molecule has 1 unspecified atom stereocenters. The summed E-state index contributed by atoms with van der Waals surface area (Å²) in [6.45, 7) is 0. The van der Waals surface area contributed by atoms with Crippen LogP contribution in [0.1, 0.15) is 44.9 Å². The van der Waals surface area contributed by atoms with Gasteiger partial charge < -0.3 is 0 Å². The monoisotopic (exact) mass is 181 g/mol. The highest BCUT2D eigenvalue weighted by Crippen LogP contribution is 2.42. The van der Waals surface area contributed by atoms with Gasteiger partial charge in [-0.1, -0.05) is 0 Å². The second-order valence-electron chi connectivity index (χ2n) is 3.81. The van der Waals surface area contributed by atoms with Crippen LogP contribution in [0.2, 0.25) is 0 Å². The molecule has 1 aliphatic carbocycles. The minimum Gasteiger partial charge on any atom is -0.0492 e. The molecule has 0 aromatic carbocycles. The van der Waals surface area contributed by atoms with E-state index in [1.54, 1.807) is 0 Å². The van der Waals surface area contributed by atoms with Crippen molar-refractivity contribution in [1.82, 2.24) is 0 Å². The Bertz CT molecular complexity index is 189. The second-order valence-corrected chi connectivity index (χ2v) is 6.14. The zero-order valence-electron chi connectivity index (χ0n) is 7.76. The fraction of sp³-hybridized carbons (Fsp3) is 0.727. The van der Waals surface area contributed by atoms with Crippen LogP contribution in [0.4, 0.5) is 0 Å². The summed E-state index contributed by atoms with van der Waals surface area (Å²) in [6.07, 6.45) is 14.0. The van der Waals surface area contributed by atoms with Gasteiger partial charge in [0.25, 0.3) is 0 Å². The van der Waals surface area contributed by atoms with E-state index >= 15 is 0 Å². The summed E-state index contributed by atoms with van der Waals surface area (Å²) in [7, 11) is 0.246. The van der Waals surface area contributed by atoms with E-state index < -0.39 is 0 Å². The highest BCUT2D eigenvalue weighted by Gasteiger charge is 2.20. The summed E-state index contributed by atoms with van der Waals surface area (Å²) >= 11 is 0. The minimum absolute atomic E-state index is 0.246. The van der Waals surface area contributed by atoms with Crippen LogP contribution in [-0.4, -0.2) is 12.0 Å². The predicted octanol–water partition coefficient (Wildman–Crippen LogP) is 3.91. The second kappa shape index (κ2) is 4.23. The maximum Gasteiger partial charge on any atom is 0.123 e. The molecule has 0 fully saturated rings. The molecule has 1 heteroatoms. The van der Waals surface area contributed by atoms with Crippen molar-refractivity contribution in [2.75, 3.05) is 6.16 Å². The van der Waals surface area contributed by atoms with Gasteiger partial charge in [-0.25, -0.2) is 0 Å². The Morgan fingerprint density at radius 1 is 1.00 bits per heavy atom. The largest absolute Gasteiger partial charge is 0.123 e. The molecule has 0 aromatic heterocycles. The normalized spacial score (nSPS) is 27.7. The van der Waals surface area contributed by atoms with E-state index in [0.717, 1.165) is 0 Å². The first-order chi connectivity index (χ1) is 5.97. The first-order valence-electron chi connectivity index (χ1n) is 5.26. The van der Waals surface area contributed by atoms with E-state index in [-0.39, 0.29) is 7.55 Å². The number of hydrogen-bond acceptors (Lipinski definition) is 0. The van der Waals surface area contributed by atoms with Crippen LogP contribution in [0.3, 0.4) is 0 Å². The fourth-order valence-electron chi connectivity index (χ4n) is 2.11. The molecule has 12 heavy (non-hydrogen) atoms. The molecular weight excluding hydrogens is 163 g/mol. The lowest BCUT2D eigenvalue weighted by atomic mass is 10.1. The van der Waals surface area contributed by atoms with Crippen molar-refractivity contribution >= 4 is 13.3 Å². The molecule has 1 atom stereocenters. The average Bonchev–Trinajstić information content (AvgIpc) is 2.21. The molecule has 0 amide bonds. The first kappa shape index (κ1) is 8.51. The number of allylic oxidation sites excluding steroid dienone is 2. The Kier molecular flexibility index (Phi) is 3.00. The van der Waals surface area contributed by atoms with Crippen molar-refractivity contribution in [3.05, 3.63) is 11.4 Å². The van der Waals surface area contributed by atoms with Gasteiger partial charge >= 0.3 is 0 Å². The Hall–Kier alpha value is -0.0900. The van der Waals surface area contributed by atoms with Crippen LogP contribution < -0.4 is 0 Å². The summed E-state index contributed by atoms with van der Waals surface area (Å²) in [5.41, 5.74) is 0. The molecule has 0 saturated heterocycles. The van der Waals surface area contributed by atoms with Crippen LogP contribution in [-0.2, 0) is 0 Å². The molecule has 1 heterocycles. The Labute approximate surface area is 76.4 Å². The zero-order chi connectivity index (χ0) is 8.23. The first-order valence-corrected chi connectivity index (χ1v) is 6.85. The zero-order valence-corrected chi connectivity index (χ0v) is 8.65. The summed E-state index contributed by atoms with van der Waals surface area (Å²) in [5, 5.41) is 1.83. The van der Waals surface area contributed by atoms with Gasteiger partial charge in [-0.3, -0.25) is 0 Å². The lowest BCUT2D eigenvalue weighted by Gasteiger charge is -2.09. The van der Waals surface area contributed by atoms with Crippen molar-refractivity contribution < 1.29 is 0 Å². The highest BCUT2D eigenvalue weighted by molar-refractivity contribution is 7.61. The van der Waals surface area contributed by atoms with E-state index in [2.05, 4.69) is 11.9 Å². The van der Waals surface area contributed by atoms with Crippen molar-refractivity contribution in [1.29, 1.82) is 0 Å². The molecule has 0 N–H and O–H groups in total. The summed E-state index contributed by atoms with van der Waals surface area (Å²) in [4.78, 5) is 0. The van der Waals surface area contributed by atoms with Gasteiger partial charge in [0.15, 0.2) is 0 Å². The van der Waals surface area contributed by atoms with Crippen LogP contribution in [0.15, 0.2) is 11.4 Å². The van der Waals surface area contributed by atoms with Gasteiger partial charge in [0.05, 0.1) is 5.80 Å². The van der Waals surface area contributed by atoms with Crippen molar-refractivity contribution in [2.45, 2.75) is 44.9 Å². The minimum atomic E-state index is 0.246. The molecule has 0 saturated carbocycles. The third-order valence-electron chi connectivity index (χ3n) is 2.84. The van der Waals surface area contributed by atoms with Gasteiger partial charge in [-0.05, 0) is 38.2 Å². The quantitative estimate of drug-likeness (QED) is 0.538. The fourth-order valence-corrected chi connectivity index (χ4v) is 4.68. The third-order valence-corrected chi connectivity index (χ3v) is 5.48. The molecule has 0 bridgehead atoms. The van der Waals surface area contributed by atoms with Crippen LogP contribution in [0, 0.1) is 0 Å².